The van der Waals surface area contributed by atoms with Crippen molar-refractivity contribution in [2.75, 3.05) is 5.75 Å². The van der Waals surface area contributed by atoms with E-state index in [9.17, 15) is 9.59 Å². The van der Waals surface area contributed by atoms with Crippen molar-refractivity contribution in [3.05, 3.63) is 93.0 Å². The Morgan fingerprint density at radius 3 is 2.47 bits per heavy atom. The SMILES string of the molecule is Cc1ccc(CNC(=O)CSc2nc3nccnc3c(=O)n2Cc2ccc(Cl)cc2)cc1. The fraction of sp³-hybridized carbons (Fsp3) is 0.174. The van der Waals surface area contributed by atoms with Crippen molar-refractivity contribution in [2.24, 2.45) is 0 Å². The van der Waals surface area contributed by atoms with Gasteiger partial charge in [0.2, 0.25) is 5.91 Å². The van der Waals surface area contributed by atoms with Gasteiger partial charge in [0.05, 0.1) is 12.3 Å². The smallest absolute Gasteiger partial charge is 0.282 e. The second kappa shape index (κ2) is 9.93. The molecule has 0 saturated carbocycles. The minimum absolute atomic E-state index is 0.116. The molecule has 32 heavy (non-hydrogen) atoms. The van der Waals surface area contributed by atoms with Crippen molar-refractivity contribution in [2.45, 2.75) is 25.2 Å². The van der Waals surface area contributed by atoms with Crippen LogP contribution < -0.4 is 10.9 Å². The van der Waals surface area contributed by atoms with E-state index in [4.69, 9.17) is 11.6 Å². The predicted molar refractivity (Wildman–Crippen MR) is 126 cm³/mol. The highest BCUT2D eigenvalue weighted by molar-refractivity contribution is 7.99. The topological polar surface area (TPSA) is 89.8 Å². The van der Waals surface area contributed by atoms with E-state index in [-0.39, 0.29) is 34.9 Å². The molecule has 4 aromatic rings. The first-order chi connectivity index (χ1) is 15.5. The Kier molecular flexibility index (Phi) is 6.82. The van der Waals surface area contributed by atoms with Crippen molar-refractivity contribution >= 4 is 40.4 Å². The lowest BCUT2D eigenvalue weighted by atomic mass is 10.1. The van der Waals surface area contributed by atoms with E-state index >= 15 is 0 Å². The van der Waals surface area contributed by atoms with Gasteiger partial charge >= 0.3 is 0 Å². The summed E-state index contributed by atoms with van der Waals surface area (Å²) in [6.07, 6.45) is 2.95. The lowest BCUT2D eigenvalue weighted by Gasteiger charge is -2.13. The maximum atomic E-state index is 13.1. The largest absolute Gasteiger partial charge is 0.351 e. The molecule has 0 bridgehead atoms. The van der Waals surface area contributed by atoms with Crippen LogP contribution in [0, 0.1) is 6.92 Å². The first-order valence-electron chi connectivity index (χ1n) is 9.90. The highest BCUT2D eigenvalue weighted by Crippen LogP contribution is 2.18. The third-order valence-corrected chi connectivity index (χ3v) is 5.98. The number of carbonyl (C=O) groups excluding carboxylic acids is 1. The van der Waals surface area contributed by atoms with Gasteiger partial charge in [-0.25, -0.2) is 15.0 Å². The summed E-state index contributed by atoms with van der Waals surface area (Å²) in [5.74, 6) is -0.0351. The van der Waals surface area contributed by atoms with Crippen molar-refractivity contribution in [3.8, 4) is 0 Å². The molecule has 0 radical (unpaired) electrons. The van der Waals surface area contributed by atoms with Crippen LogP contribution in [0.2, 0.25) is 5.02 Å². The third-order valence-electron chi connectivity index (χ3n) is 4.76. The monoisotopic (exact) mass is 465 g/mol. The van der Waals surface area contributed by atoms with Crippen LogP contribution in [-0.2, 0) is 17.9 Å². The lowest BCUT2D eigenvalue weighted by Crippen LogP contribution is -2.27. The van der Waals surface area contributed by atoms with Crippen molar-refractivity contribution in [3.63, 3.8) is 0 Å². The number of hydrogen-bond acceptors (Lipinski definition) is 6. The molecule has 0 aliphatic rings. The number of hydrogen-bond donors (Lipinski definition) is 1. The minimum atomic E-state index is -0.305. The molecule has 9 heteroatoms. The van der Waals surface area contributed by atoms with Gasteiger partial charge in [-0.2, -0.15) is 0 Å². The fourth-order valence-electron chi connectivity index (χ4n) is 3.04. The summed E-state index contributed by atoms with van der Waals surface area (Å²) in [5.41, 5.74) is 3.21. The van der Waals surface area contributed by atoms with Crippen LogP contribution in [0.1, 0.15) is 16.7 Å². The number of nitrogens with one attached hydrogen (secondary N) is 1. The summed E-state index contributed by atoms with van der Waals surface area (Å²) in [7, 11) is 0. The van der Waals surface area contributed by atoms with Gasteiger partial charge in [0.1, 0.15) is 0 Å². The van der Waals surface area contributed by atoms with Gasteiger partial charge in [-0.3, -0.25) is 14.2 Å². The Morgan fingerprint density at radius 2 is 1.72 bits per heavy atom. The van der Waals surface area contributed by atoms with Crippen LogP contribution in [0.4, 0.5) is 0 Å². The van der Waals surface area contributed by atoms with E-state index in [2.05, 4.69) is 20.3 Å². The van der Waals surface area contributed by atoms with Crippen LogP contribution in [0.3, 0.4) is 0 Å². The fourth-order valence-corrected chi connectivity index (χ4v) is 3.98. The maximum absolute atomic E-state index is 13.1. The number of fused-ring (bicyclic) bond motifs is 1. The molecule has 4 rings (SSSR count). The highest BCUT2D eigenvalue weighted by Gasteiger charge is 2.15. The minimum Gasteiger partial charge on any atom is -0.351 e. The third kappa shape index (κ3) is 5.33. The average Bonchev–Trinajstić information content (AvgIpc) is 2.80. The molecule has 1 amide bonds. The quantitative estimate of drug-likeness (QED) is 0.331. The Bertz CT molecular complexity index is 1310. The molecule has 1 N–H and O–H groups in total. The van der Waals surface area contributed by atoms with Crippen LogP contribution in [0.15, 0.2) is 70.9 Å². The van der Waals surface area contributed by atoms with Gasteiger partial charge in [-0.1, -0.05) is 65.3 Å². The van der Waals surface area contributed by atoms with Gasteiger partial charge in [-0.05, 0) is 30.2 Å². The molecule has 7 nitrogen and oxygen atoms in total. The number of aryl methyl sites for hydroxylation is 1. The van der Waals surface area contributed by atoms with Gasteiger partial charge in [0.25, 0.3) is 5.56 Å². The molecule has 0 aliphatic carbocycles. The lowest BCUT2D eigenvalue weighted by molar-refractivity contribution is -0.118. The molecule has 2 aromatic heterocycles. The Morgan fingerprint density at radius 1 is 1.03 bits per heavy atom. The van der Waals surface area contributed by atoms with Crippen LogP contribution in [0.5, 0.6) is 0 Å². The van der Waals surface area contributed by atoms with E-state index in [1.165, 1.54) is 34.3 Å². The van der Waals surface area contributed by atoms with E-state index in [1.54, 1.807) is 12.1 Å². The van der Waals surface area contributed by atoms with E-state index < -0.39 is 0 Å². The molecule has 0 atom stereocenters. The average molecular weight is 466 g/mol. The summed E-state index contributed by atoms with van der Waals surface area (Å²) < 4.78 is 1.51. The van der Waals surface area contributed by atoms with E-state index in [0.717, 1.165) is 11.1 Å². The summed E-state index contributed by atoms with van der Waals surface area (Å²) >= 11 is 7.16. The number of aromatic nitrogens is 4. The first-order valence-corrected chi connectivity index (χ1v) is 11.3. The highest BCUT2D eigenvalue weighted by atomic mass is 35.5. The zero-order chi connectivity index (χ0) is 22.5. The van der Waals surface area contributed by atoms with Gasteiger partial charge < -0.3 is 5.32 Å². The summed E-state index contributed by atoms with van der Waals surface area (Å²) in [4.78, 5) is 38.3. The van der Waals surface area contributed by atoms with Crippen LogP contribution in [-0.4, -0.2) is 31.2 Å². The van der Waals surface area contributed by atoms with Crippen molar-refractivity contribution in [1.29, 1.82) is 0 Å². The van der Waals surface area contributed by atoms with Crippen LogP contribution in [0.25, 0.3) is 11.2 Å². The normalized spacial score (nSPS) is 10.9. The predicted octanol–water partition coefficient (Wildman–Crippen LogP) is 3.61. The number of amides is 1. The Hall–Kier alpha value is -3.23. The molecule has 0 unspecified atom stereocenters. The molecule has 2 heterocycles. The molecule has 2 aromatic carbocycles. The summed E-state index contributed by atoms with van der Waals surface area (Å²) in [6, 6.07) is 15.2. The molecule has 0 fully saturated rings. The van der Waals surface area contributed by atoms with Gasteiger partial charge in [0.15, 0.2) is 16.3 Å². The summed E-state index contributed by atoms with van der Waals surface area (Å²) in [6.45, 7) is 2.74. The molecule has 0 spiro atoms. The van der Waals surface area contributed by atoms with Crippen molar-refractivity contribution in [1.82, 2.24) is 24.8 Å². The second-order valence-electron chi connectivity index (χ2n) is 7.19. The number of carbonyl (C=O) groups is 1. The van der Waals surface area contributed by atoms with E-state index in [0.29, 0.717) is 16.7 Å². The molecule has 162 valence electrons. The molecule has 0 saturated heterocycles. The summed E-state index contributed by atoms with van der Waals surface area (Å²) in [5, 5.41) is 3.92. The van der Waals surface area contributed by atoms with Gasteiger partial charge in [-0.15, -0.1) is 0 Å². The number of nitrogens with zero attached hydrogens (tertiary/aromatic N) is 4. The molecular weight excluding hydrogens is 446 g/mol. The van der Waals surface area contributed by atoms with Gasteiger partial charge in [0, 0.05) is 24.0 Å². The number of benzene rings is 2. The first kappa shape index (κ1) is 22.0. The number of rotatable bonds is 7. The maximum Gasteiger partial charge on any atom is 0.282 e. The standard InChI is InChI=1S/C23H20ClN5O2S/c1-15-2-4-16(5-3-15)12-27-19(30)14-32-23-28-21-20(25-10-11-26-21)22(31)29(23)13-17-6-8-18(24)9-7-17/h2-11H,12-14H2,1H3,(H,27,30). The number of halogens is 1. The Labute approximate surface area is 193 Å². The van der Waals surface area contributed by atoms with E-state index in [1.807, 2.05) is 43.3 Å². The zero-order valence-electron chi connectivity index (χ0n) is 17.3. The second-order valence-corrected chi connectivity index (χ2v) is 8.57. The molecular formula is C23H20ClN5O2S. The van der Waals surface area contributed by atoms with Crippen LogP contribution >= 0.6 is 23.4 Å². The van der Waals surface area contributed by atoms with Crippen molar-refractivity contribution < 1.29 is 4.79 Å². The Balaban J connectivity index is 1.53. The number of thioether (sulfide) groups is 1. The molecule has 0 aliphatic heterocycles. The zero-order valence-corrected chi connectivity index (χ0v) is 18.9.